The van der Waals surface area contributed by atoms with E-state index in [4.69, 9.17) is 23.2 Å². The first kappa shape index (κ1) is 18.6. The van der Waals surface area contributed by atoms with E-state index in [0.717, 1.165) is 31.7 Å². The second-order valence-corrected chi connectivity index (χ2v) is 8.20. The summed E-state index contributed by atoms with van der Waals surface area (Å²) in [5, 5.41) is 0.112. The summed E-state index contributed by atoms with van der Waals surface area (Å²) >= 11 is 6.59. The SMILES string of the molecule is Cl.N[C@@H]1CN(c2c(F)cc3c(=O)n(N)c(=O)n(C4CC4)c3c2Cl)CC12CC2. The van der Waals surface area contributed by atoms with Crippen LogP contribution in [0.1, 0.15) is 31.7 Å². The lowest BCUT2D eigenvalue weighted by Crippen LogP contribution is -2.44. The maximum Gasteiger partial charge on any atom is 0.350 e. The van der Waals surface area contributed by atoms with Crippen molar-refractivity contribution in [3.8, 4) is 0 Å². The molecule has 4 N–H and O–H groups in total. The molecule has 146 valence electrons. The molecule has 2 saturated carbocycles. The van der Waals surface area contributed by atoms with Crippen LogP contribution < -0.4 is 27.7 Å². The van der Waals surface area contributed by atoms with Crippen LogP contribution in [0.2, 0.25) is 5.02 Å². The molecule has 0 unspecified atom stereocenters. The van der Waals surface area contributed by atoms with Crippen LogP contribution in [0, 0.1) is 11.2 Å². The molecule has 1 saturated heterocycles. The average Bonchev–Trinajstić information content (AvgIpc) is 3.48. The summed E-state index contributed by atoms with van der Waals surface area (Å²) in [4.78, 5) is 26.8. The monoisotopic (exact) mass is 415 g/mol. The fourth-order valence-corrected chi connectivity index (χ4v) is 4.64. The predicted molar refractivity (Wildman–Crippen MR) is 105 cm³/mol. The van der Waals surface area contributed by atoms with Crippen molar-refractivity contribution in [3.05, 3.63) is 37.7 Å². The van der Waals surface area contributed by atoms with Gasteiger partial charge in [-0.15, -0.1) is 12.4 Å². The van der Waals surface area contributed by atoms with Gasteiger partial charge in [0, 0.05) is 30.6 Å². The number of hydrogen-bond acceptors (Lipinski definition) is 5. The molecule has 1 atom stereocenters. The first-order chi connectivity index (χ1) is 12.3. The molecule has 5 rings (SSSR count). The molecule has 1 spiro atoms. The number of hydrogen-bond donors (Lipinski definition) is 2. The van der Waals surface area contributed by atoms with E-state index in [1.807, 2.05) is 4.90 Å². The van der Waals surface area contributed by atoms with Crippen molar-refractivity contribution in [2.45, 2.75) is 37.8 Å². The Morgan fingerprint density at radius 3 is 2.48 bits per heavy atom. The molecule has 3 fully saturated rings. The number of anilines is 1. The molecule has 1 aliphatic heterocycles. The highest BCUT2D eigenvalue weighted by atomic mass is 35.5. The van der Waals surface area contributed by atoms with E-state index in [0.29, 0.717) is 17.8 Å². The summed E-state index contributed by atoms with van der Waals surface area (Å²) in [5.74, 6) is 5.02. The van der Waals surface area contributed by atoms with Crippen LogP contribution in [0.5, 0.6) is 0 Å². The second-order valence-electron chi connectivity index (χ2n) is 7.83. The van der Waals surface area contributed by atoms with E-state index in [2.05, 4.69) is 0 Å². The number of aromatic nitrogens is 2. The van der Waals surface area contributed by atoms with Crippen LogP contribution in [0.25, 0.3) is 10.9 Å². The van der Waals surface area contributed by atoms with Crippen LogP contribution in [0.15, 0.2) is 15.7 Å². The fraction of sp³-hybridized carbons (Fsp3) is 0.529. The average molecular weight is 416 g/mol. The minimum Gasteiger partial charge on any atom is -0.366 e. The molecule has 3 aliphatic rings. The van der Waals surface area contributed by atoms with E-state index >= 15 is 0 Å². The smallest absolute Gasteiger partial charge is 0.350 e. The van der Waals surface area contributed by atoms with Crippen LogP contribution in [-0.4, -0.2) is 28.4 Å². The fourth-order valence-electron chi connectivity index (χ4n) is 4.24. The third-order valence-corrected chi connectivity index (χ3v) is 6.46. The van der Waals surface area contributed by atoms with Gasteiger partial charge in [0.25, 0.3) is 5.56 Å². The van der Waals surface area contributed by atoms with Crippen molar-refractivity contribution < 1.29 is 4.39 Å². The third-order valence-electron chi connectivity index (χ3n) is 6.10. The van der Waals surface area contributed by atoms with Gasteiger partial charge in [-0.1, -0.05) is 11.6 Å². The molecule has 0 amide bonds. The Morgan fingerprint density at radius 2 is 1.93 bits per heavy atom. The summed E-state index contributed by atoms with van der Waals surface area (Å²) in [6.07, 6.45) is 3.66. The largest absolute Gasteiger partial charge is 0.366 e. The molecule has 0 radical (unpaired) electrons. The number of nitrogen functional groups attached to an aromatic ring is 1. The molecule has 1 aromatic heterocycles. The van der Waals surface area contributed by atoms with E-state index in [9.17, 15) is 14.0 Å². The van der Waals surface area contributed by atoms with Gasteiger partial charge in [0.05, 0.1) is 21.6 Å². The zero-order valence-electron chi connectivity index (χ0n) is 14.5. The summed E-state index contributed by atoms with van der Waals surface area (Å²) in [6, 6.07) is 1.05. The Hall–Kier alpha value is -1.77. The lowest BCUT2D eigenvalue weighted by atomic mass is 10.0. The Labute approximate surface area is 165 Å². The van der Waals surface area contributed by atoms with Crippen LogP contribution in [0.3, 0.4) is 0 Å². The number of nitrogens with zero attached hydrogens (tertiary/aromatic N) is 3. The first-order valence-corrected chi connectivity index (χ1v) is 9.17. The Bertz CT molecular complexity index is 1070. The van der Waals surface area contributed by atoms with Gasteiger partial charge in [-0.2, -0.15) is 4.68 Å². The molecule has 27 heavy (non-hydrogen) atoms. The maximum atomic E-state index is 14.9. The highest BCUT2D eigenvalue weighted by Crippen LogP contribution is 2.54. The molecule has 2 heterocycles. The van der Waals surface area contributed by atoms with Crippen molar-refractivity contribution in [1.82, 2.24) is 9.24 Å². The van der Waals surface area contributed by atoms with Gasteiger partial charge in [0.15, 0.2) is 0 Å². The van der Waals surface area contributed by atoms with E-state index < -0.39 is 17.1 Å². The molecule has 2 aliphatic carbocycles. The molecule has 2 aromatic rings. The highest BCUT2D eigenvalue weighted by molar-refractivity contribution is 6.38. The summed E-state index contributed by atoms with van der Waals surface area (Å²) in [6.45, 7) is 1.14. The number of rotatable bonds is 2. The molecular formula is C17H20Cl2FN5O2. The van der Waals surface area contributed by atoms with E-state index in [-0.39, 0.29) is 51.5 Å². The van der Waals surface area contributed by atoms with Gasteiger partial charge in [-0.25, -0.2) is 9.18 Å². The van der Waals surface area contributed by atoms with Gasteiger partial charge >= 0.3 is 5.69 Å². The minimum absolute atomic E-state index is 0. The van der Waals surface area contributed by atoms with Crippen molar-refractivity contribution in [2.75, 3.05) is 23.8 Å². The lowest BCUT2D eigenvalue weighted by molar-refractivity contribution is 0.499. The number of nitrogens with two attached hydrogens (primary N) is 2. The Kier molecular flexibility index (Phi) is 4.04. The zero-order valence-corrected chi connectivity index (χ0v) is 16.0. The molecule has 7 nitrogen and oxygen atoms in total. The van der Waals surface area contributed by atoms with E-state index in [1.54, 1.807) is 0 Å². The Balaban J connectivity index is 0.00000180. The summed E-state index contributed by atoms with van der Waals surface area (Å²) in [5.41, 5.74) is 5.41. The highest BCUT2D eigenvalue weighted by Gasteiger charge is 2.54. The van der Waals surface area contributed by atoms with Gasteiger partial charge in [-0.3, -0.25) is 9.36 Å². The topological polar surface area (TPSA) is 99.3 Å². The lowest BCUT2D eigenvalue weighted by Gasteiger charge is -2.23. The van der Waals surface area contributed by atoms with Gasteiger partial charge in [-0.05, 0) is 31.7 Å². The molecule has 0 bridgehead atoms. The molecular weight excluding hydrogens is 396 g/mol. The van der Waals surface area contributed by atoms with E-state index in [1.165, 1.54) is 4.57 Å². The standard InChI is InChI=1S/C17H19ClFN5O2.ClH/c18-12-13-9(15(25)24(21)16(26)23(13)8-1-2-8)5-10(19)14(12)22-6-11(20)17(7-22)3-4-17;/h5,8,11H,1-4,6-7,20-21H2;1H/t11-;/m1./s1. The first-order valence-electron chi connectivity index (χ1n) is 8.79. The van der Waals surface area contributed by atoms with Gasteiger partial charge < -0.3 is 16.5 Å². The third kappa shape index (κ3) is 2.50. The van der Waals surface area contributed by atoms with Gasteiger partial charge in [0.1, 0.15) is 5.82 Å². The van der Waals surface area contributed by atoms with Crippen molar-refractivity contribution >= 4 is 40.6 Å². The van der Waals surface area contributed by atoms with Crippen LogP contribution in [0.4, 0.5) is 10.1 Å². The predicted octanol–water partition coefficient (Wildman–Crippen LogP) is 1.35. The van der Waals surface area contributed by atoms with Crippen molar-refractivity contribution in [3.63, 3.8) is 0 Å². The van der Waals surface area contributed by atoms with Crippen molar-refractivity contribution in [1.29, 1.82) is 0 Å². The van der Waals surface area contributed by atoms with Crippen molar-refractivity contribution in [2.24, 2.45) is 11.1 Å². The quantitative estimate of drug-likeness (QED) is 0.721. The molecule has 10 heteroatoms. The van der Waals surface area contributed by atoms with Gasteiger partial charge in [0.2, 0.25) is 0 Å². The normalized spacial score (nSPS) is 23.1. The maximum absolute atomic E-state index is 14.9. The number of fused-ring (bicyclic) bond motifs is 1. The second kappa shape index (κ2) is 5.86. The number of halogens is 3. The Morgan fingerprint density at radius 1 is 1.26 bits per heavy atom. The van der Waals surface area contributed by atoms with Crippen LogP contribution in [-0.2, 0) is 0 Å². The number of benzene rings is 1. The minimum atomic E-state index is -0.744. The summed E-state index contributed by atoms with van der Waals surface area (Å²) in [7, 11) is 0. The molecule has 1 aromatic carbocycles. The van der Waals surface area contributed by atoms with Crippen LogP contribution >= 0.6 is 24.0 Å². The zero-order chi connectivity index (χ0) is 18.4. The summed E-state index contributed by atoms with van der Waals surface area (Å²) < 4.78 is 16.9.